The summed E-state index contributed by atoms with van der Waals surface area (Å²) in [6.45, 7) is -0.758. The monoisotopic (exact) mass is 307 g/mol. The van der Waals surface area contributed by atoms with Crippen LogP contribution in [0.25, 0.3) is 0 Å². The number of nitrogens with zero attached hydrogens (tertiary/aromatic N) is 1. The maximum Gasteiger partial charge on any atom is 0.292 e. The van der Waals surface area contributed by atoms with Crippen molar-refractivity contribution in [2.45, 2.75) is 11.0 Å². The Labute approximate surface area is 112 Å². The van der Waals surface area contributed by atoms with Crippen molar-refractivity contribution in [3.8, 4) is 0 Å². The molecule has 1 aromatic carbocycles. The van der Waals surface area contributed by atoms with Gasteiger partial charge in [-0.2, -0.15) is 0 Å². The van der Waals surface area contributed by atoms with Crippen LogP contribution in [0.1, 0.15) is 0 Å². The third kappa shape index (κ3) is 3.69. The highest BCUT2D eigenvalue weighted by atomic mass is 32.2. The first-order valence-electron chi connectivity index (χ1n) is 5.06. The number of primary amides is 1. The van der Waals surface area contributed by atoms with Crippen LogP contribution in [-0.2, 0) is 14.8 Å². The highest BCUT2D eigenvalue weighted by molar-refractivity contribution is 7.89. The molecule has 20 heavy (non-hydrogen) atoms. The molecule has 0 aliphatic rings. The molecular weight excluding hydrogens is 297 g/mol. The SMILES string of the molecule is NC(=O)C(O)CNS(=O)(=O)c1ccc(F)cc1[N+](=O)[O-]. The van der Waals surface area contributed by atoms with E-state index >= 15 is 0 Å². The third-order valence-corrected chi connectivity index (χ3v) is 3.67. The van der Waals surface area contributed by atoms with Gasteiger partial charge < -0.3 is 10.8 Å². The molecule has 1 unspecified atom stereocenters. The average Bonchev–Trinajstić information content (AvgIpc) is 2.35. The van der Waals surface area contributed by atoms with Gasteiger partial charge in [-0.1, -0.05) is 0 Å². The number of aliphatic hydroxyl groups excluding tert-OH is 1. The Balaban J connectivity index is 3.10. The minimum Gasteiger partial charge on any atom is -0.382 e. The number of amides is 1. The van der Waals surface area contributed by atoms with E-state index in [-0.39, 0.29) is 0 Å². The number of hydrogen-bond donors (Lipinski definition) is 3. The fourth-order valence-corrected chi connectivity index (χ4v) is 2.42. The maximum absolute atomic E-state index is 12.9. The van der Waals surface area contributed by atoms with E-state index in [9.17, 15) is 27.7 Å². The number of hydrogen-bond acceptors (Lipinski definition) is 6. The van der Waals surface area contributed by atoms with Gasteiger partial charge in [0.1, 0.15) is 11.9 Å². The van der Waals surface area contributed by atoms with Gasteiger partial charge >= 0.3 is 0 Å². The number of rotatable bonds is 6. The van der Waals surface area contributed by atoms with Crippen molar-refractivity contribution in [1.82, 2.24) is 4.72 Å². The fraction of sp³-hybridized carbons (Fsp3) is 0.222. The molecular formula is C9H10FN3O6S. The van der Waals surface area contributed by atoms with E-state index in [0.717, 1.165) is 6.07 Å². The molecule has 4 N–H and O–H groups in total. The van der Waals surface area contributed by atoms with E-state index < -0.39 is 49.9 Å². The van der Waals surface area contributed by atoms with Gasteiger partial charge in [0, 0.05) is 6.54 Å². The number of carbonyl (C=O) groups excluding carboxylic acids is 1. The maximum atomic E-state index is 12.9. The molecule has 0 saturated heterocycles. The van der Waals surface area contributed by atoms with Crippen molar-refractivity contribution >= 4 is 21.6 Å². The van der Waals surface area contributed by atoms with Gasteiger partial charge in [0.2, 0.25) is 15.9 Å². The second kappa shape index (κ2) is 5.90. The van der Waals surface area contributed by atoms with Crippen LogP contribution in [0, 0.1) is 15.9 Å². The summed E-state index contributed by atoms with van der Waals surface area (Å²) in [4.78, 5) is 19.4. The van der Waals surface area contributed by atoms with Gasteiger partial charge in [-0.15, -0.1) is 0 Å². The second-order valence-electron chi connectivity index (χ2n) is 3.64. The lowest BCUT2D eigenvalue weighted by Crippen LogP contribution is -2.40. The molecule has 0 heterocycles. The predicted octanol–water partition coefficient (Wildman–Crippen LogP) is -1.14. The van der Waals surface area contributed by atoms with Crippen LogP contribution in [0.5, 0.6) is 0 Å². The number of nitro benzene ring substituents is 1. The Morgan fingerprint density at radius 2 is 2.15 bits per heavy atom. The zero-order valence-electron chi connectivity index (χ0n) is 9.82. The molecule has 110 valence electrons. The molecule has 0 aliphatic carbocycles. The smallest absolute Gasteiger partial charge is 0.292 e. The largest absolute Gasteiger partial charge is 0.382 e. The zero-order chi connectivity index (χ0) is 15.5. The van der Waals surface area contributed by atoms with Crippen LogP contribution in [0.15, 0.2) is 23.1 Å². The number of nitrogens with two attached hydrogens (primary N) is 1. The summed E-state index contributed by atoms with van der Waals surface area (Å²) in [6.07, 6.45) is -1.79. The zero-order valence-corrected chi connectivity index (χ0v) is 10.6. The van der Waals surface area contributed by atoms with E-state index in [1.54, 1.807) is 4.72 Å². The second-order valence-corrected chi connectivity index (χ2v) is 5.37. The molecule has 0 fully saturated rings. The lowest BCUT2D eigenvalue weighted by Gasteiger charge is -2.09. The van der Waals surface area contributed by atoms with Crippen molar-refractivity contribution in [1.29, 1.82) is 0 Å². The van der Waals surface area contributed by atoms with Crippen molar-refractivity contribution in [3.05, 3.63) is 34.1 Å². The van der Waals surface area contributed by atoms with Crippen molar-refractivity contribution in [2.75, 3.05) is 6.54 Å². The molecule has 1 amide bonds. The van der Waals surface area contributed by atoms with Crippen molar-refractivity contribution in [2.24, 2.45) is 5.73 Å². The quantitative estimate of drug-likeness (QED) is 0.446. The number of nitro groups is 1. The molecule has 0 bridgehead atoms. The number of halogens is 1. The van der Waals surface area contributed by atoms with Crippen LogP contribution in [-0.4, -0.2) is 37.0 Å². The lowest BCUT2D eigenvalue weighted by atomic mass is 10.3. The van der Waals surface area contributed by atoms with Crippen molar-refractivity contribution in [3.63, 3.8) is 0 Å². The summed E-state index contributed by atoms with van der Waals surface area (Å²) in [7, 11) is -4.41. The molecule has 0 saturated carbocycles. The molecule has 9 nitrogen and oxygen atoms in total. The van der Waals surface area contributed by atoms with E-state index in [1.807, 2.05) is 0 Å². The summed E-state index contributed by atoms with van der Waals surface area (Å²) >= 11 is 0. The third-order valence-electron chi connectivity index (χ3n) is 2.20. The fourth-order valence-electron chi connectivity index (χ4n) is 1.23. The number of sulfonamides is 1. The number of aliphatic hydroxyl groups is 1. The topological polar surface area (TPSA) is 153 Å². The van der Waals surface area contributed by atoms with E-state index in [1.165, 1.54) is 0 Å². The van der Waals surface area contributed by atoms with Crippen LogP contribution >= 0.6 is 0 Å². The Morgan fingerprint density at radius 1 is 1.55 bits per heavy atom. The van der Waals surface area contributed by atoms with Gasteiger partial charge in [-0.3, -0.25) is 14.9 Å². The van der Waals surface area contributed by atoms with Gasteiger partial charge in [0.05, 0.1) is 11.0 Å². The van der Waals surface area contributed by atoms with E-state index in [0.29, 0.717) is 12.1 Å². The first-order chi connectivity index (χ1) is 9.15. The average molecular weight is 307 g/mol. The van der Waals surface area contributed by atoms with Gasteiger partial charge in [0.15, 0.2) is 4.90 Å². The molecule has 0 radical (unpaired) electrons. The first kappa shape index (κ1) is 15.9. The molecule has 11 heteroatoms. The normalized spacial score (nSPS) is 12.9. The lowest BCUT2D eigenvalue weighted by molar-refractivity contribution is -0.388. The molecule has 0 spiro atoms. The molecule has 1 atom stereocenters. The summed E-state index contributed by atoms with van der Waals surface area (Å²) in [6, 6.07) is 1.87. The minimum atomic E-state index is -4.41. The van der Waals surface area contributed by atoms with Gasteiger partial charge in [0.25, 0.3) is 5.69 Å². The highest BCUT2D eigenvalue weighted by Gasteiger charge is 2.27. The summed E-state index contributed by atoms with van der Waals surface area (Å²) < 4.78 is 38.2. The standard InChI is InChI=1S/C9H10FN3O6S/c10-5-1-2-8(6(3-5)13(16)17)20(18,19)12-4-7(14)9(11)15/h1-3,7,12,14H,4H2,(H2,11,15). The summed E-state index contributed by atoms with van der Waals surface area (Å²) in [5.41, 5.74) is 3.75. The summed E-state index contributed by atoms with van der Waals surface area (Å²) in [5, 5.41) is 19.8. The Kier molecular flexibility index (Phi) is 4.70. The number of benzene rings is 1. The molecule has 1 aromatic rings. The van der Waals surface area contributed by atoms with Crippen LogP contribution in [0.2, 0.25) is 0 Å². The number of carbonyl (C=O) groups is 1. The van der Waals surface area contributed by atoms with Gasteiger partial charge in [-0.25, -0.2) is 17.5 Å². The number of nitrogens with one attached hydrogen (secondary N) is 1. The van der Waals surface area contributed by atoms with Crippen LogP contribution in [0.3, 0.4) is 0 Å². The Bertz CT molecular complexity index is 647. The first-order valence-corrected chi connectivity index (χ1v) is 6.54. The van der Waals surface area contributed by atoms with E-state index in [2.05, 4.69) is 0 Å². The van der Waals surface area contributed by atoms with Gasteiger partial charge in [-0.05, 0) is 12.1 Å². The Hall–Kier alpha value is -2.11. The van der Waals surface area contributed by atoms with Crippen molar-refractivity contribution < 1.29 is 27.6 Å². The molecule has 1 rings (SSSR count). The predicted molar refractivity (Wildman–Crippen MR) is 63.4 cm³/mol. The molecule has 0 aliphatic heterocycles. The molecule has 0 aromatic heterocycles. The Morgan fingerprint density at radius 3 is 2.65 bits per heavy atom. The van der Waals surface area contributed by atoms with Crippen LogP contribution in [0.4, 0.5) is 10.1 Å². The highest BCUT2D eigenvalue weighted by Crippen LogP contribution is 2.24. The van der Waals surface area contributed by atoms with Crippen LogP contribution < -0.4 is 10.5 Å². The summed E-state index contributed by atoms with van der Waals surface area (Å²) in [5.74, 6) is -2.14. The van der Waals surface area contributed by atoms with E-state index in [4.69, 9.17) is 10.8 Å². The minimum absolute atomic E-state index is 0.444.